The van der Waals surface area contributed by atoms with E-state index in [1.807, 2.05) is 34.9 Å². The quantitative estimate of drug-likeness (QED) is 0.861. The number of aromatic nitrogens is 1. The van der Waals surface area contributed by atoms with E-state index in [9.17, 15) is 4.79 Å². The molecule has 4 nitrogen and oxygen atoms in total. The van der Waals surface area contributed by atoms with Crippen LogP contribution in [0.3, 0.4) is 0 Å². The van der Waals surface area contributed by atoms with Crippen LogP contribution in [0.4, 0.5) is 0 Å². The molecule has 2 aliphatic heterocycles. The molecule has 0 bridgehead atoms. The van der Waals surface area contributed by atoms with Crippen molar-refractivity contribution in [2.24, 2.45) is 0 Å². The summed E-state index contributed by atoms with van der Waals surface area (Å²) < 4.78 is 5.85. The first-order valence-corrected chi connectivity index (χ1v) is 9.51. The van der Waals surface area contributed by atoms with Gasteiger partial charge in [-0.05, 0) is 35.8 Å². The van der Waals surface area contributed by atoms with Crippen molar-refractivity contribution in [2.45, 2.75) is 25.5 Å². The molecule has 0 saturated carbocycles. The molecule has 0 aliphatic carbocycles. The van der Waals surface area contributed by atoms with E-state index in [1.54, 1.807) is 6.20 Å². The second-order valence-electron chi connectivity index (χ2n) is 6.23. The Hall–Kier alpha value is -2.01. The lowest BCUT2D eigenvalue weighted by Gasteiger charge is -2.28. The zero-order valence-electron chi connectivity index (χ0n) is 13.5. The Bertz CT molecular complexity index is 726. The van der Waals surface area contributed by atoms with E-state index in [1.165, 1.54) is 11.1 Å². The molecule has 1 atom stereocenters. The first-order valence-electron chi connectivity index (χ1n) is 8.36. The maximum absolute atomic E-state index is 12.7. The number of benzene rings is 1. The fourth-order valence-corrected chi connectivity index (χ4v) is 4.30. The molecule has 1 fully saturated rings. The number of hydrogen-bond donors (Lipinski definition) is 0. The molecule has 2 aliphatic rings. The predicted molar refractivity (Wildman–Crippen MR) is 95.5 cm³/mol. The summed E-state index contributed by atoms with van der Waals surface area (Å²) in [5.41, 5.74) is 3.21. The number of pyridine rings is 1. The SMILES string of the molecule is O=C(c1ccc(OC2CCSC2)nc1)N1CCc2ccccc2C1. The highest BCUT2D eigenvalue weighted by Crippen LogP contribution is 2.23. The number of thioether (sulfide) groups is 1. The fourth-order valence-electron chi connectivity index (χ4n) is 3.20. The molecule has 3 heterocycles. The van der Waals surface area contributed by atoms with Gasteiger partial charge in [-0.1, -0.05) is 24.3 Å². The van der Waals surface area contributed by atoms with Crippen LogP contribution in [0.1, 0.15) is 27.9 Å². The van der Waals surface area contributed by atoms with Gasteiger partial charge in [0.2, 0.25) is 5.88 Å². The number of amides is 1. The van der Waals surface area contributed by atoms with Gasteiger partial charge in [-0.25, -0.2) is 4.98 Å². The number of fused-ring (bicyclic) bond motifs is 1. The van der Waals surface area contributed by atoms with Crippen molar-refractivity contribution in [3.8, 4) is 5.88 Å². The van der Waals surface area contributed by atoms with Crippen molar-refractivity contribution < 1.29 is 9.53 Å². The van der Waals surface area contributed by atoms with Gasteiger partial charge >= 0.3 is 0 Å². The van der Waals surface area contributed by atoms with Crippen molar-refractivity contribution in [1.82, 2.24) is 9.88 Å². The van der Waals surface area contributed by atoms with Gasteiger partial charge in [0.1, 0.15) is 6.10 Å². The van der Waals surface area contributed by atoms with Crippen LogP contribution in [0.5, 0.6) is 5.88 Å². The Balaban J connectivity index is 1.43. The van der Waals surface area contributed by atoms with E-state index >= 15 is 0 Å². The summed E-state index contributed by atoms with van der Waals surface area (Å²) in [6.07, 6.45) is 3.87. The lowest BCUT2D eigenvalue weighted by atomic mass is 9.99. The molecule has 0 radical (unpaired) electrons. The maximum Gasteiger partial charge on any atom is 0.255 e. The molecule has 1 saturated heterocycles. The molecule has 0 N–H and O–H groups in total. The van der Waals surface area contributed by atoms with E-state index in [4.69, 9.17) is 4.74 Å². The average Bonchev–Trinajstić information content (AvgIpc) is 3.14. The summed E-state index contributed by atoms with van der Waals surface area (Å²) >= 11 is 1.91. The van der Waals surface area contributed by atoms with Crippen LogP contribution in [0.2, 0.25) is 0 Å². The van der Waals surface area contributed by atoms with Gasteiger partial charge in [0.05, 0.1) is 5.56 Å². The molecule has 124 valence electrons. The molecule has 1 aromatic carbocycles. The Morgan fingerprint density at radius 1 is 1.21 bits per heavy atom. The molecule has 1 aromatic heterocycles. The van der Waals surface area contributed by atoms with Gasteiger partial charge in [0.15, 0.2) is 0 Å². The van der Waals surface area contributed by atoms with Crippen molar-refractivity contribution in [3.63, 3.8) is 0 Å². The van der Waals surface area contributed by atoms with Gasteiger partial charge in [-0.3, -0.25) is 4.79 Å². The van der Waals surface area contributed by atoms with Crippen molar-refractivity contribution in [1.29, 1.82) is 0 Å². The monoisotopic (exact) mass is 340 g/mol. The molecule has 1 amide bonds. The highest BCUT2D eigenvalue weighted by atomic mass is 32.2. The van der Waals surface area contributed by atoms with Crippen LogP contribution in [0.15, 0.2) is 42.6 Å². The topological polar surface area (TPSA) is 42.4 Å². The minimum Gasteiger partial charge on any atom is -0.473 e. The van der Waals surface area contributed by atoms with E-state index in [0.29, 0.717) is 18.0 Å². The van der Waals surface area contributed by atoms with Crippen LogP contribution in [-0.4, -0.2) is 39.9 Å². The van der Waals surface area contributed by atoms with Gasteiger partial charge in [-0.2, -0.15) is 11.8 Å². The highest BCUT2D eigenvalue weighted by molar-refractivity contribution is 7.99. The van der Waals surface area contributed by atoms with Crippen LogP contribution in [-0.2, 0) is 13.0 Å². The number of rotatable bonds is 3. The second kappa shape index (κ2) is 6.85. The number of hydrogen-bond acceptors (Lipinski definition) is 4. The molecular weight excluding hydrogens is 320 g/mol. The number of nitrogens with zero attached hydrogens (tertiary/aromatic N) is 2. The van der Waals surface area contributed by atoms with Crippen molar-refractivity contribution in [3.05, 3.63) is 59.3 Å². The molecule has 1 unspecified atom stereocenters. The van der Waals surface area contributed by atoms with Gasteiger partial charge < -0.3 is 9.64 Å². The van der Waals surface area contributed by atoms with Crippen LogP contribution >= 0.6 is 11.8 Å². The number of carbonyl (C=O) groups excluding carboxylic acids is 1. The van der Waals surface area contributed by atoms with Crippen molar-refractivity contribution in [2.75, 3.05) is 18.1 Å². The van der Waals surface area contributed by atoms with E-state index in [-0.39, 0.29) is 12.0 Å². The van der Waals surface area contributed by atoms with Gasteiger partial charge in [0, 0.05) is 31.1 Å². The van der Waals surface area contributed by atoms with Crippen LogP contribution in [0.25, 0.3) is 0 Å². The second-order valence-corrected chi connectivity index (χ2v) is 7.38. The van der Waals surface area contributed by atoms with Gasteiger partial charge in [0.25, 0.3) is 5.91 Å². The highest BCUT2D eigenvalue weighted by Gasteiger charge is 2.22. The minimum absolute atomic E-state index is 0.0416. The van der Waals surface area contributed by atoms with E-state index < -0.39 is 0 Å². The molecule has 0 spiro atoms. The smallest absolute Gasteiger partial charge is 0.255 e. The third kappa shape index (κ3) is 3.26. The van der Waals surface area contributed by atoms with Gasteiger partial charge in [-0.15, -0.1) is 0 Å². The summed E-state index contributed by atoms with van der Waals surface area (Å²) in [4.78, 5) is 18.9. The maximum atomic E-state index is 12.7. The molecule has 24 heavy (non-hydrogen) atoms. The Labute approximate surface area is 146 Å². The summed E-state index contributed by atoms with van der Waals surface area (Å²) in [5, 5.41) is 0. The largest absolute Gasteiger partial charge is 0.473 e. The summed E-state index contributed by atoms with van der Waals surface area (Å²) in [7, 11) is 0. The third-order valence-electron chi connectivity index (χ3n) is 4.58. The molecule has 5 heteroatoms. The lowest BCUT2D eigenvalue weighted by Crippen LogP contribution is -2.36. The molecule has 2 aromatic rings. The first kappa shape index (κ1) is 15.5. The Kier molecular flexibility index (Phi) is 4.43. The predicted octanol–water partition coefficient (Wildman–Crippen LogP) is 3.16. The van der Waals surface area contributed by atoms with E-state index in [2.05, 4.69) is 23.2 Å². The summed E-state index contributed by atoms with van der Waals surface area (Å²) in [6, 6.07) is 12.0. The normalized spacial score (nSPS) is 19.8. The average molecular weight is 340 g/mol. The molecule has 4 rings (SSSR count). The zero-order valence-corrected chi connectivity index (χ0v) is 14.3. The Morgan fingerprint density at radius 3 is 2.83 bits per heavy atom. The number of carbonyl (C=O) groups is 1. The summed E-state index contributed by atoms with van der Waals surface area (Å²) in [5.74, 6) is 2.83. The third-order valence-corrected chi connectivity index (χ3v) is 5.71. The Morgan fingerprint density at radius 2 is 2.08 bits per heavy atom. The summed E-state index contributed by atoms with van der Waals surface area (Å²) in [6.45, 7) is 1.43. The fraction of sp³-hybridized carbons (Fsp3) is 0.368. The standard InChI is InChI=1S/C19H20N2O2S/c22-19(21-9-7-14-3-1-2-4-16(14)12-21)15-5-6-18(20-11-15)23-17-8-10-24-13-17/h1-6,11,17H,7-10,12-13H2. The zero-order chi connectivity index (χ0) is 16.4. The first-order chi connectivity index (χ1) is 11.8. The lowest BCUT2D eigenvalue weighted by molar-refractivity contribution is 0.0734. The minimum atomic E-state index is 0.0416. The van der Waals surface area contributed by atoms with Crippen LogP contribution in [0, 0.1) is 0 Å². The number of ether oxygens (including phenoxy) is 1. The van der Waals surface area contributed by atoms with Crippen LogP contribution < -0.4 is 4.74 Å². The van der Waals surface area contributed by atoms with Crippen molar-refractivity contribution >= 4 is 17.7 Å². The van der Waals surface area contributed by atoms with E-state index in [0.717, 1.165) is 30.9 Å². The molecular formula is C19H20N2O2S.